The molecule has 13 heavy (non-hydrogen) atoms. The van der Waals surface area contributed by atoms with Gasteiger partial charge in [0.15, 0.2) is 5.78 Å². The lowest BCUT2D eigenvalue weighted by Crippen LogP contribution is -2.01. The first-order valence-corrected chi connectivity index (χ1v) is 4.69. The maximum Gasteiger partial charge on any atom is 0.177 e. The first-order valence-electron chi connectivity index (χ1n) is 3.40. The quantitative estimate of drug-likeness (QED) is 0.489. The number of hydrogen-bond acceptors (Lipinski definition) is 2. The third-order valence-corrected chi connectivity index (χ3v) is 2.56. The molecule has 0 aliphatic carbocycles. The minimum atomic E-state index is -0.230. The molecule has 0 fully saturated rings. The monoisotopic (exact) mass is 237 g/mol. The fraction of sp³-hybridized carbons (Fsp3) is 0.125. The van der Waals surface area contributed by atoms with E-state index < -0.39 is 0 Å². The van der Waals surface area contributed by atoms with Crippen molar-refractivity contribution in [1.29, 1.82) is 0 Å². The molecule has 1 aromatic rings. The summed E-state index contributed by atoms with van der Waals surface area (Å²) in [6.07, 6.45) is 0. The summed E-state index contributed by atoms with van der Waals surface area (Å²) in [6.45, 7) is 0. The van der Waals surface area contributed by atoms with Gasteiger partial charge in [0, 0.05) is 5.56 Å². The summed E-state index contributed by atoms with van der Waals surface area (Å²) in [7, 11) is 0. The summed E-state index contributed by atoms with van der Waals surface area (Å²) in [4.78, 5) is 11.1. The van der Waals surface area contributed by atoms with Gasteiger partial charge in [-0.2, -0.15) is 0 Å². The van der Waals surface area contributed by atoms with Crippen molar-refractivity contribution >= 4 is 46.3 Å². The number of ketones is 1. The standard InChI is InChI=1S/C8H6Cl3NO/c9-3-7(13)4-1-5(10)8(11)6(12)2-4/h1-2H,3,12H2. The van der Waals surface area contributed by atoms with Crippen molar-refractivity contribution in [3.8, 4) is 0 Å². The Morgan fingerprint density at radius 1 is 1.38 bits per heavy atom. The first kappa shape index (κ1) is 10.6. The van der Waals surface area contributed by atoms with E-state index in [1.54, 1.807) is 0 Å². The fourth-order valence-corrected chi connectivity index (χ4v) is 1.34. The van der Waals surface area contributed by atoms with E-state index in [1.165, 1.54) is 12.1 Å². The Hall–Kier alpha value is -0.440. The van der Waals surface area contributed by atoms with Gasteiger partial charge in [-0.1, -0.05) is 23.2 Å². The summed E-state index contributed by atoms with van der Waals surface area (Å²) in [5.41, 5.74) is 6.16. The molecule has 0 unspecified atom stereocenters. The molecule has 0 radical (unpaired) electrons. The number of Topliss-reactive ketones (excluding diaryl/α,β-unsaturated/α-hetero) is 1. The molecule has 1 aromatic carbocycles. The van der Waals surface area contributed by atoms with Crippen LogP contribution in [0, 0.1) is 0 Å². The van der Waals surface area contributed by atoms with Crippen LogP contribution in [0.15, 0.2) is 12.1 Å². The number of nitrogens with two attached hydrogens (primary N) is 1. The summed E-state index contributed by atoms with van der Waals surface area (Å²) >= 11 is 16.8. The Labute approximate surface area is 90.6 Å². The topological polar surface area (TPSA) is 43.1 Å². The van der Waals surface area contributed by atoms with Crippen LogP contribution < -0.4 is 5.73 Å². The Kier molecular flexibility index (Phi) is 3.42. The highest BCUT2D eigenvalue weighted by molar-refractivity contribution is 6.44. The summed E-state index contributed by atoms with van der Waals surface area (Å²) in [5.74, 6) is -0.329. The minimum absolute atomic E-state index is 0.0998. The van der Waals surface area contributed by atoms with E-state index >= 15 is 0 Å². The van der Waals surface area contributed by atoms with Crippen molar-refractivity contribution in [3.05, 3.63) is 27.7 Å². The SMILES string of the molecule is Nc1cc(C(=O)CCl)cc(Cl)c1Cl. The van der Waals surface area contributed by atoms with Crippen molar-refractivity contribution in [3.63, 3.8) is 0 Å². The number of halogens is 3. The van der Waals surface area contributed by atoms with Gasteiger partial charge in [-0.15, -0.1) is 11.6 Å². The summed E-state index contributed by atoms with van der Waals surface area (Å²) < 4.78 is 0. The molecule has 2 N–H and O–H groups in total. The van der Waals surface area contributed by atoms with Gasteiger partial charge in [0.05, 0.1) is 21.6 Å². The van der Waals surface area contributed by atoms with Crippen LogP contribution in [0.3, 0.4) is 0 Å². The molecule has 0 spiro atoms. The van der Waals surface area contributed by atoms with E-state index in [0.29, 0.717) is 5.56 Å². The number of carbonyl (C=O) groups excluding carboxylic acids is 1. The number of hydrogen-bond donors (Lipinski definition) is 1. The largest absolute Gasteiger partial charge is 0.397 e. The van der Waals surface area contributed by atoms with Crippen LogP contribution in [0.1, 0.15) is 10.4 Å². The molecule has 0 aromatic heterocycles. The van der Waals surface area contributed by atoms with E-state index in [-0.39, 0.29) is 27.4 Å². The van der Waals surface area contributed by atoms with Crippen LogP contribution in [0.4, 0.5) is 5.69 Å². The minimum Gasteiger partial charge on any atom is -0.397 e. The van der Waals surface area contributed by atoms with Crippen LogP contribution in [0.5, 0.6) is 0 Å². The molecule has 0 heterocycles. The number of carbonyl (C=O) groups is 1. The van der Waals surface area contributed by atoms with Gasteiger partial charge in [0.25, 0.3) is 0 Å². The van der Waals surface area contributed by atoms with Crippen molar-refractivity contribution in [2.75, 3.05) is 11.6 Å². The zero-order valence-corrected chi connectivity index (χ0v) is 8.75. The number of anilines is 1. The van der Waals surface area contributed by atoms with Crippen LogP contribution in [-0.2, 0) is 0 Å². The molecular formula is C8H6Cl3NO. The maximum absolute atomic E-state index is 11.1. The van der Waals surface area contributed by atoms with Crippen molar-refractivity contribution < 1.29 is 4.79 Å². The third kappa shape index (κ3) is 2.27. The average Bonchev–Trinajstić information content (AvgIpc) is 2.12. The summed E-state index contributed by atoms with van der Waals surface area (Å²) in [6, 6.07) is 2.91. The molecule has 70 valence electrons. The van der Waals surface area contributed by atoms with Gasteiger partial charge in [-0.25, -0.2) is 0 Å². The van der Waals surface area contributed by atoms with E-state index in [1.807, 2.05) is 0 Å². The van der Waals surface area contributed by atoms with E-state index in [9.17, 15) is 4.79 Å². The molecule has 0 aliphatic rings. The van der Waals surface area contributed by atoms with Crippen molar-refractivity contribution in [2.24, 2.45) is 0 Å². The van der Waals surface area contributed by atoms with Crippen LogP contribution >= 0.6 is 34.8 Å². The summed E-state index contributed by atoms with van der Waals surface area (Å²) in [5, 5.41) is 0.517. The van der Waals surface area contributed by atoms with Gasteiger partial charge in [0.1, 0.15) is 0 Å². The zero-order chi connectivity index (χ0) is 10.0. The Balaban J connectivity index is 3.20. The first-order chi connectivity index (χ1) is 6.06. The van der Waals surface area contributed by atoms with E-state index in [2.05, 4.69) is 0 Å². The molecular weight excluding hydrogens is 232 g/mol. The number of benzene rings is 1. The number of rotatable bonds is 2. The highest BCUT2D eigenvalue weighted by atomic mass is 35.5. The fourth-order valence-electron chi connectivity index (χ4n) is 0.848. The zero-order valence-electron chi connectivity index (χ0n) is 6.48. The molecule has 0 aliphatic heterocycles. The molecule has 0 amide bonds. The number of alkyl halides is 1. The average molecular weight is 239 g/mol. The van der Waals surface area contributed by atoms with Crippen molar-refractivity contribution in [1.82, 2.24) is 0 Å². The molecule has 0 saturated carbocycles. The predicted octanol–water partition coefficient (Wildman–Crippen LogP) is 3.00. The van der Waals surface area contributed by atoms with E-state index in [0.717, 1.165) is 0 Å². The van der Waals surface area contributed by atoms with Gasteiger partial charge in [0.2, 0.25) is 0 Å². The highest BCUT2D eigenvalue weighted by Gasteiger charge is 2.09. The molecule has 0 bridgehead atoms. The van der Waals surface area contributed by atoms with Crippen LogP contribution in [-0.4, -0.2) is 11.7 Å². The van der Waals surface area contributed by atoms with Crippen molar-refractivity contribution in [2.45, 2.75) is 0 Å². The van der Waals surface area contributed by atoms with E-state index in [4.69, 9.17) is 40.5 Å². The lowest BCUT2D eigenvalue weighted by Gasteiger charge is -2.03. The smallest absolute Gasteiger partial charge is 0.177 e. The lowest BCUT2D eigenvalue weighted by atomic mass is 10.1. The van der Waals surface area contributed by atoms with Gasteiger partial charge in [-0.3, -0.25) is 4.79 Å². The van der Waals surface area contributed by atoms with Crippen LogP contribution in [0.2, 0.25) is 10.0 Å². The highest BCUT2D eigenvalue weighted by Crippen LogP contribution is 2.29. The molecule has 5 heteroatoms. The van der Waals surface area contributed by atoms with Crippen LogP contribution in [0.25, 0.3) is 0 Å². The predicted molar refractivity (Wildman–Crippen MR) is 55.9 cm³/mol. The second-order valence-electron chi connectivity index (χ2n) is 2.42. The second-order valence-corrected chi connectivity index (χ2v) is 3.47. The molecule has 1 rings (SSSR count). The Bertz CT molecular complexity index is 328. The second kappa shape index (κ2) is 4.18. The number of nitrogen functional groups attached to an aromatic ring is 1. The van der Waals surface area contributed by atoms with Gasteiger partial charge >= 0.3 is 0 Å². The third-order valence-electron chi connectivity index (χ3n) is 1.50. The maximum atomic E-state index is 11.1. The Morgan fingerprint density at radius 2 is 2.00 bits per heavy atom. The Morgan fingerprint density at radius 3 is 2.46 bits per heavy atom. The molecule has 0 atom stereocenters. The normalized spacial score (nSPS) is 10.1. The van der Waals surface area contributed by atoms with Gasteiger partial charge in [-0.05, 0) is 12.1 Å². The lowest BCUT2D eigenvalue weighted by molar-refractivity contribution is 0.102. The molecule has 0 saturated heterocycles. The van der Waals surface area contributed by atoms with Gasteiger partial charge < -0.3 is 5.73 Å². The molecule has 2 nitrogen and oxygen atoms in total.